The van der Waals surface area contributed by atoms with Crippen molar-refractivity contribution in [1.82, 2.24) is 15.5 Å². The average molecular weight is 628 g/mol. The minimum absolute atomic E-state index is 0.0382. The summed E-state index contributed by atoms with van der Waals surface area (Å²) in [7, 11) is 0. The Balaban J connectivity index is 1.27. The van der Waals surface area contributed by atoms with Crippen LogP contribution in [0.2, 0.25) is 0 Å². The third-order valence-corrected chi connectivity index (χ3v) is 8.00. The van der Waals surface area contributed by atoms with Crippen LogP contribution in [0.4, 0.5) is 24.5 Å². The van der Waals surface area contributed by atoms with Gasteiger partial charge in [-0.3, -0.25) is 9.59 Å². The number of anilines is 2. The van der Waals surface area contributed by atoms with Gasteiger partial charge in [-0.1, -0.05) is 12.8 Å². The number of likely N-dealkylation sites (tertiary alicyclic amines) is 1. The van der Waals surface area contributed by atoms with E-state index >= 15 is 0 Å². The highest BCUT2D eigenvalue weighted by Crippen LogP contribution is 2.34. The molecule has 11 heteroatoms. The fourth-order valence-corrected chi connectivity index (χ4v) is 5.47. The summed E-state index contributed by atoms with van der Waals surface area (Å²) < 4.78 is 43.7. The van der Waals surface area contributed by atoms with Crippen LogP contribution in [0.25, 0.3) is 0 Å². The summed E-state index contributed by atoms with van der Waals surface area (Å²) in [5.74, 6) is -3.82. The van der Waals surface area contributed by atoms with Gasteiger partial charge in [0.1, 0.15) is 11.4 Å². The maximum atomic E-state index is 14.7. The van der Waals surface area contributed by atoms with E-state index in [4.69, 9.17) is 0 Å². The molecule has 0 unspecified atom stereocenters. The van der Waals surface area contributed by atoms with E-state index < -0.39 is 40.2 Å². The van der Waals surface area contributed by atoms with E-state index in [9.17, 15) is 27.9 Å². The number of nitrogens with zero attached hydrogens (tertiary/aromatic N) is 1. The molecule has 2 aliphatic carbocycles. The molecular formula is C26H28F3IN4O3. The zero-order valence-corrected chi connectivity index (χ0v) is 22.2. The summed E-state index contributed by atoms with van der Waals surface area (Å²) in [6, 6.07) is 6.41. The van der Waals surface area contributed by atoms with Crippen molar-refractivity contribution in [2.24, 2.45) is 0 Å². The van der Waals surface area contributed by atoms with Gasteiger partial charge in [0, 0.05) is 16.2 Å². The van der Waals surface area contributed by atoms with Crippen LogP contribution >= 0.6 is 22.6 Å². The van der Waals surface area contributed by atoms with Gasteiger partial charge in [0.25, 0.3) is 5.91 Å². The Kier molecular flexibility index (Phi) is 7.14. The molecule has 0 bridgehead atoms. The number of nitrogens with one attached hydrogen (secondary N) is 3. The van der Waals surface area contributed by atoms with Crippen molar-refractivity contribution in [2.75, 3.05) is 25.0 Å². The Morgan fingerprint density at radius 3 is 2.41 bits per heavy atom. The highest BCUT2D eigenvalue weighted by atomic mass is 127. The first-order valence-electron chi connectivity index (χ1n) is 12.4. The van der Waals surface area contributed by atoms with Crippen LogP contribution in [0.1, 0.15) is 48.9 Å². The standard InChI is InChI=1S/C26H28F3IN4O3/c27-18-7-6-17(22(21(18)29)33-20-8-3-15(30)11-19(20)28)23(35)34-13-25(37,14-34)12-31-26(9-1-2-10-26)24(36)32-16-4-5-16/h3,6-8,11,16,31,33,37H,1-2,4-5,9-10,12-14H2,(H,32,36). The van der Waals surface area contributed by atoms with Crippen LogP contribution in [0, 0.1) is 21.0 Å². The molecule has 1 saturated heterocycles. The number of amides is 2. The van der Waals surface area contributed by atoms with Gasteiger partial charge >= 0.3 is 0 Å². The number of aliphatic hydroxyl groups is 1. The predicted molar refractivity (Wildman–Crippen MR) is 140 cm³/mol. The zero-order valence-electron chi connectivity index (χ0n) is 20.1. The van der Waals surface area contributed by atoms with E-state index in [0.29, 0.717) is 16.4 Å². The lowest BCUT2D eigenvalue weighted by atomic mass is 9.89. The number of hydrogen-bond acceptors (Lipinski definition) is 5. The third kappa shape index (κ3) is 5.44. The summed E-state index contributed by atoms with van der Waals surface area (Å²) in [5, 5.41) is 19.9. The third-order valence-electron chi connectivity index (χ3n) is 7.33. The van der Waals surface area contributed by atoms with Crippen molar-refractivity contribution < 1.29 is 27.9 Å². The maximum Gasteiger partial charge on any atom is 0.256 e. The normalized spacial score (nSPS) is 19.9. The lowest BCUT2D eigenvalue weighted by Crippen LogP contribution is -2.70. The molecule has 2 aromatic rings. The fraction of sp³-hybridized carbons (Fsp3) is 0.462. The SMILES string of the molecule is O=C(c1ccc(F)c(F)c1Nc1ccc(I)cc1F)N1CC(O)(CNC2(C(=O)NC3CC3)CCCC2)C1. The molecule has 3 fully saturated rings. The molecule has 0 atom stereocenters. The van der Waals surface area contributed by atoms with Gasteiger partial charge in [0.2, 0.25) is 5.91 Å². The Labute approximate surface area is 226 Å². The van der Waals surface area contributed by atoms with Gasteiger partial charge in [-0.25, -0.2) is 13.2 Å². The first-order valence-corrected chi connectivity index (χ1v) is 13.4. The fourth-order valence-electron chi connectivity index (χ4n) is 5.01. The highest BCUT2D eigenvalue weighted by Gasteiger charge is 2.48. The number of benzene rings is 2. The number of carbonyl (C=O) groups excluding carboxylic acids is 2. The summed E-state index contributed by atoms with van der Waals surface area (Å²) in [5.41, 5.74) is -2.74. The maximum absolute atomic E-state index is 14.7. The number of hydrogen-bond donors (Lipinski definition) is 4. The molecule has 3 aliphatic rings. The van der Waals surface area contributed by atoms with E-state index in [1.165, 1.54) is 17.0 Å². The van der Waals surface area contributed by atoms with Gasteiger partial charge in [-0.15, -0.1) is 0 Å². The molecule has 2 aromatic carbocycles. The van der Waals surface area contributed by atoms with Gasteiger partial charge in [0.15, 0.2) is 11.6 Å². The van der Waals surface area contributed by atoms with Gasteiger partial charge in [-0.2, -0.15) is 0 Å². The Hall–Kier alpha value is -2.38. The number of halogens is 4. The molecule has 2 saturated carbocycles. The zero-order chi connectivity index (χ0) is 26.4. The molecule has 198 valence electrons. The Morgan fingerprint density at radius 1 is 1.05 bits per heavy atom. The molecule has 4 N–H and O–H groups in total. The van der Waals surface area contributed by atoms with Crippen molar-refractivity contribution in [3.05, 3.63) is 56.9 Å². The predicted octanol–water partition coefficient (Wildman–Crippen LogP) is 3.82. The second-order valence-corrected chi connectivity index (χ2v) is 11.6. The summed E-state index contributed by atoms with van der Waals surface area (Å²) >= 11 is 1.92. The minimum Gasteiger partial charge on any atom is -0.385 e. The second kappa shape index (κ2) is 10.1. The Morgan fingerprint density at radius 2 is 1.76 bits per heavy atom. The molecule has 0 spiro atoms. The molecule has 0 radical (unpaired) electrons. The van der Waals surface area contributed by atoms with Crippen molar-refractivity contribution in [1.29, 1.82) is 0 Å². The van der Waals surface area contributed by atoms with E-state index in [2.05, 4.69) is 16.0 Å². The smallest absolute Gasteiger partial charge is 0.256 e. The van der Waals surface area contributed by atoms with E-state index in [0.717, 1.165) is 37.8 Å². The number of carbonyl (C=O) groups is 2. The average Bonchev–Trinajstić information content (AvgIpc) is 3.52. The number of β-amino-alcohol motifs (C(OH)–C–C–N with tert-alkyl or cyclic N) is 1. The summed E-state index contributed by atoms with van der Waals surface area (Å²) in [6.07, 6.45) is 5.18. The van der Waals surface area contributed by atoms with Crippen LogP contribution in [0.3, 0.4) is 0 Å². The van der Waals surface area contributed by atoms with Crippen molar-refractivity contribution >= 4 is 45.8 Å². The van der Waals surface area contributed by atoms with Crippen LogP contribution in [0.5, 0.6) is 0 Å². The van der Waals surface area contributed by atoms with Crippen LogP contribution < -0.4 is 16.0 Å². The first-order chi connectivity index (χ1) is 17.6. The molecule has 0 aromatic heterocycles. The van der Waals surface area contributed by atoms with Crippen LogP contribution in [-0.4, -0.2) is 58.6 Å². The van der Waals surface area contributed by atoms with Crippen molar-refractivity contribution in [3.63, 3.8) is 0 Å². The van der Waals surface area contributed by atoms with Gasteiger partial charge in [0.05, 0.1) is 35.6 Å². The lowest BCUT2D eigenvalue weighted by molar-refractivity contribution is -0.129. The van der Waals surface area contributed by atoms with E-state index in [1.54, 1.807) is 6.07 Å². The molecule has 7 nitrogen and oxygen atoms in total. The molecular weight excluding hydrogens is 600 g/mol. The molecule has 37 heavy (non-hydrogen) atoms. The summed E-state index contributed by atoms with van der Waals surface area (Å²) in [4.78, 5) is 27.4. The largest absolute Gasteiger partial charge is 0.385 e. The number of rotatable bonds is 8. The monoisotopic (exact) mass is 628 g/mol. The minimum atomic E-state index is -1.30. The second-order valence-electron chi connectivity index (χ2n) is 10.3. The van der Waals surface area contributed by atoms with Gasteiger partial charge in [-0.05, 0) is 78.6 Å². The van der Waals surface area contributed by atoms with Crippen LogP contribution in [-0.2, 0) is 4.79 Å². The van der Waals surface area contributed by atoms with E-state index in [1.807, 2.05) is 22.6 Å². The van der Waals surface area contributed by atoms with Gasteiger partial charge < -0.3 is 26.0 Å². The topological polar surface area (TPSA) is 93.7 Å². The highest BCUT2D eigenvalue weighted by molar-refractivity contribution is 14.1. The van der Waals surface area contributed by atoms with Crippen molar-refractivity contribution in [2.45, 2.75) is 55.7 Å². The Bertz CT molecular complexity index is 1230. The molecule has 1 aliphatic heterocycles. The molecule has 1 heterocycles. The van der Waals surface area contributed by atoms with E-state index in [-0.39, 0.29) is 42.8 Å². The lowest BCUT2D eigenvalue weighted by Gasteiger charge is -2.48. The molecule has 2 amide bonds. The van der Waals surface area contributed by atoms with Crippen LogP contribution in [0.15, 0.2) is 30.3 Å². The summed E-state index contributed by atoms with van der Waals surface area (Å²) in [6.45, 7) is 0.0244. The van der Waals surface area contributed by atoms with Crippen molar-refractivity contribution in [3.8, 4) is 0 Å². The molecule has 5 rings (SSSR count). The first kappa shape index (κ1) is 26.2. The quantitative estimate of drug-likeness (QED) is 0.334.